The van der Waals surface area contributed by atoms with Crippen LogP contribution in [0.25, 0.3) is 0 Å². The van der Waals surface area contributed by atoms with Gasteiger partial charge in [-0.25, -0.2) is 0 Å². The third-order valence-corrected chi connectivity index (χ3v) is 13.9. The molecule has 0 saturated heterocycles. The Morgan fingerprint density at radius 3 is 1.80 bits per heavy atom. The molecule has 0 fully saturated rings. The topological polar surface area (TPSA) is 113 Å². The van der Waals surface area contributed by atoms with Crippen LogP contribution in [-0.2, 0) is 36.7 Å². The fourth-order valence-electron chi connectivity index (χ4n) is 4.91. The minimum absolute atomic E-state index is 0.00780. The summed E-state index contributed by atoms with van der Waals surface area (Å²) in [5, 5.41) is 12.8. The van der Waals surface area contributed by atoms with Gasteiger partial charge in [0.1, 0.15) is 11.5 Å². The number of carboxylic acid groups (broad SMARTS) is 1. The van der Waals surface area contributed by atoms with Crippen molar-refractivity contribution in [3.63, 3.8) is 0 Å². The summed E-state index contributed by atoms with van der Waals surface area (Å²) in [5.74, 6) is -0.545. The van der Waals surface area contributed by atoms with Crippen molar-refractivity contribution >= 4 is 20.2 Å². The zero-order valence-electron chi connectivity index (χ0n) is 31.9. The maximum Gasteiger partial charge on any atom is 0.308 e. The van der Waals surface area contributed by atoms with Crippen LogP contribution in [0.15, 0.2) is 72.8 Å². The van der Waals surface area contributed by atoms with Crippen molar-refractivity contribution in [3.8, 4) is 11.5 Å². The summed E-state index contributed by atoms with van der Waals surface area (Å²) < 4.78 is 29.5. The smallest absolute Gasteiger partial charge is 0.308 e. The van der Waals surface area contributed by atoms with E-state index in [9.17, 15) is 14.7 Å². The second kappa shape index (κ2) is 21.0. The maximum absolute atomic E-state index is 13.3. The van der Waals surface area contributed by atoms with Crippen LogP contribution in [0.4, 0.5) is 0 Å². The Labute approximate surface area is 301 Å². The molecule has 2 N–H and O–H groups in total. The quantitative estimate of drug-likeness (QED) is 0.0926. The van der Waals surface area contributed by atoms with E-state index in [0.29, 0.717) is 13.0 Å². The minimum Gasteiger partial charge on any atom is -0.497 e. The van der Waals surface area contributed by atoms with Crippen LogP contribution in [0.5, 0.6) is 11.5 Å². The number of benzene rings is 2. The third-order valence-electron chi connectivity index (χ3n) is 9.42. The van der Waals surface area contributed by atoms with Crippen molar-refractivity contribution in [2.45, 2.75) is 110 Å². The highest BCUT2D eigenvalue weighted by atomic mass is 28.4. The van der Waals surface area contributed by atoms with Crippen molar-refractivity contribution in [1.82, 2.24) is 5.32 Å². The fourth-order valence-corrected chi connectivity index (χ4v) is 6.20. The van der Waals surface area contributed by atoms with E-state index in [0.717, 1.165) is 29.0 Å². The van der Waals surface area contributed by atoms with E-state index in [1.807, 2.05) is 61.5 Å². The zero-order chi connectivity index (χ0) is 37.3. The van der Waals surface area contributed by atoms with Gasteiger partial charge in [0.2, 0.25) is 5.91 Å². The molecule has 10 heteroatoms. The molecule has 2 aromatic carbocycles. The maximum atomic E-state index is 13.3. The van der Waals surface area contributed by atoms with Gasteiger partial charge in [0.25, 0.3) is 0 Å². The molecule has 0 heterocycles. The van der Waals surface area contributed by atoms with Crippen LogP contribution < -0.4 is 14.8 Å². The lowest BCUT2D eigenvalue weighted by atomic mass is 9.96. The van der Waals surface area contributed by atoms with Gasteiger partial charge in [-0.2, -0.15) is 0 Å². The SMILES string of the molecule is C/C=C/[C@@H](C/C=C/C[C@H](C)[C@H](CC(=O)NC[C@H](OCc1ccc(OC)cc1)[C@H](C)C(=O)O)OCc1ccc(OC)cc1)O[Si](C)(C)C(C)(C)C. The molecule has 0 saturated carbocycles. The first kappa shape index (κ1) is 42.7. The summed E-state index contributed by atoms with van der Waals surface area (Å²) in [6.07, 6.45) is 8.97. The van der Waals surface area contributed by atoms with Crippen LogP contribution in [0.2, 0.25) is 18.1 Å². The van der Waals surface area contributed by atoms with E-state index in [2.05, 4.69) is 64.3 Å². The highest BCUT2D eigenvalue weighted by molar-refractivity contribution is 6.74. The van der Waals surface area contributed by atoms with E-state index >= 15 is 0 Å². The summed E-state index contributed by atoms with van der Waals surface area (Å²) in [7, 11) is 1.29. The normalized spacial score (nSPS) is 15.4. The number of methoxy groups -OCH3 is 2. The Kier molecular flexibility index (Phi) is 18.0. The molecule has 0 radical (unpaired) electrons. The molecule has 0 aliphatic carbocycles. The highest BCUT2D eigenvalue weighted by Gasteiger charge is 2.38. The lowest BCUT2D eigenvalue weighted by Gasteiger charge is -2.38. The van der Waals surface area contributed by atoms with Crippen LogP contribution in [-0.4, -0.2) is 64.4 Å². The van der Waals surface area contributed by atoms with Crippen molar-refractivity contribution in [3.05, 3.63) is 84.0 Å². The molecular formula is C40H61NO8Si. The molecule has 50 heavy (non-hydrogen) atoms. The number of amides is 1. The van der Waals surface area contributed by atoms with Gasteiger partial charge < -0.3 is 33.8 Å². The first-order valence-electron chi connectivity index (χ1n) is 17.5. The Balaban J connectivity index is 2.10. The first-order chi connectivity index (χ1) is 23.6. The molecule has 0 aliphatic rings. The monoisotopic (exact) mass is 711 g/mol. The number of carbonyl (C=O) groups is 2. The summed E-state index contributed by atoms with van der Waals surface area (Å²) in [5.41, 5.74) is 1.84. The third kappa shape index (κ3) is 14.8. The summed E-state index contributed by atoms with van der Waals surface area (Å²) >= 11 is 0. The Morgan fingerprint density at radius 2 is 1.34 bits per heavy atom. The van der Waals surface area contributed by atoms with Crippen LogP contribution in [0.3, 0.4) is 0 Å². The molecule has 2 rings (SSSR count). The Bertz CT molecular complexity index is 1350. The standard InChI is InChI=1S/C40H61NO8Si/c1-11-14-35(49-50(9,10)40(4,5)6)16-13-12-15-29(2)36(47-27-31-17-21-33(45-7)22-18-31)25-38(42)41-26-37(30(3)39(43)44)48-28-32-19-23-34(46-8)24-20-32/h11-14,17-24,29-30,35-37H,15-16,25-28H2,1-10H3,(H,41,42)(H,43,44)/b13-12+,14-11+/t29-,30-,35-,36-,37-/m0/s1. The molecule has 0 bridgehead atoms. The van der Waals surface area contributed by atoms with Gasteiger partial charge >= 0.3 is 5.97 Å². The molecule has 2 aromatic rings. The molecular weight excluding hydrogens is 651 g/mol. The van der Waals surface area contributed by atoms with Gasteiger partial charge in [-0.3, -0.25) is 9.59 Å². The second-order valence-electron chi connectivity index (χ2n) is 14.4. The number of hydrogen-bond donors (Lipinski definition) is 2. The van der Waals surface area contributed by atoms with Gasteiger partial charge in [0, 0.05) is 6.54 Å². The van der Waals surface area contributed by atoms with Crippen molar-refractivity contribution < 1.29 is 38.1 Å². The minimum atomic E-state index is -1.93. The zero-order valence-corrected chi connectivity index (χ0v) is 32.9. The number of allylic oxidation sites excluding steroid dienone is 2. The summed E-state index contributed by atoms with van der Waals surface area (Å²) in [4.78, 5) is 25.2. The van der Waals surface area contributed by atoms with Gasteiger partial charge in [0.05, 0.1) is 58.1 Å². The Morgan fingerprint density at radius 1 is 0.840 bits per heavy atom. The lowest BCUT2D eigenvalue weighted by Crippen LogP contribution is -2.43. The molecule has 278 valence electrons. The van der Waals surface area contributed by atoms with Gasteiger partial charge in [-0.1, -0.05) is 76.3 Å². The van der Waals surface area contributed by atoms with E-state index in [4.69, 9.17) is 23.4 Å². The fraction of sp³-hybridized carbons (Fsp3) is 0.550. The Hall–Kier alpha value is -3.44. The van der Waals surface area contributed by atoms with Gasteiger partial charge in [-0.05, 0) is 86.1 Å². The number of rotatable bonds is 22. The predicted molar refractivity (Wildman–Crippen MR) is 202 cm³/mol. The van der Waals surface area contributed by atoms with E-state index in [1.165, 1.54) is 0 Å². The van der Waals surface area contributed by atoms with Gasteiger partial charge in [0.15, 0.2) is 8.32 Å². The molecule has 1 amide bonds. The lowest BCUT2D eigenvalue weighted by molar-refractivity contribution is -0.147. The number of aliphatic carboxylic acids is 1. The van der Waals surface area contributed by atoms with E-state index in [1.54, 1.807) is 21.1 Å². The first-order valence-corrected chi connectivity index (χ1v) is 20.4. The number of nitrogens with one attached hydrogen (secondary N) is 1. The van der Waals surface area contributed by atoms with Crippen LogP contribution in [0, 0.1) is 11.8 Å². The number of hydrogen-bond acceptors (Lipinski definition) is 7. The number of carbonyl (C=O) groups excluding carboxylic acids is 1. The van der Waals surface area contributed by atoms with Crippen LogP contribution >= 0.6 is 0 Å². The summed E-state index contributed by atoms with van der Waals surface area (Å²) in [6, 6.07) is 15.0. The molecule has 0 aromatic heterocycles. The number of carboxylic acids is 1. The molecule has 0 spiro atoms. The largest absolute Gasteiger partial charge is 0.497 e. The molecule has 5 atom stereocenters. The van der Waals surface area contributed by atoms with E-state index in [-0.39, 0.29) is 48.6 Å². The molecule has 0 unspecified atom stereocenters. The second-order valence-corrected chi connectivity index (χ2v) is 19.1. The van der Waals surface area contributed by atoms with Crippen LogP contribution in [0.1, 0.15) is 71.9 Å². The molecule has 0 aliphatic heterocycles. The van der Waals surface area contributed by atoms with Crippen molar-refractivity contribution in [2.75, 3.05) is 20.8 Å². The van der Waals surface area contributed by atoms with Crippen molar-refractivity contribution in [2.24, 2.45) is 11.8 Å². The summed E-state index contributed by atoms with van der Waals surface area (Å²) in [6.45, 7) is 17.5. The van der Waals surface area contributed by atoms with Crippen molar-refractivity contribution in [1.29, 1.82) is 0 Å². The average molecular weight is 712 g/mol. The van der Waals surface area contributed by atoms with E-state index < -0.39 is 26.3 Å². The average Bonchev–Trinajstić information content (AvgIpc) is 3.07. The van der Waals surface area contributed by atoms with Gasteiger partial charge in [-0.15, -0.1) is 0 Å². The number of ether oxygens (including phenoxy) is 4. The molecule has 9 nitrogen and oxygen atoms in total. The predicted octanol–water partition coefficient (Wildman–Crippen LogP) is 8.34. The highest BCUT2D eigenvalue weighted by Crippen LogP contribution is 2.38.